The van der Waals surface area contributed by atoms with Crippen LogP contribution < -0.4 is 9.44 Å². The highest BCUT2D eigenvalue weighted by Gasteiger charge is 2.37. The van der Waals surface area contributed by atoms with Gasteiger partial charge in [0.1, 0.15) is 16.0 Å². The molecule has 1 amide bonds. The van der Waals surface area contributed by atoms with E-state index in [1.807, 2.05) is 4.72 Å². The normalized spacial score (nSPS) is 18.1. The number of fused-ring (bicyclic) bond motifs is 1. The Hall–Kier alpha value is -3.32. The fourth-order valence-electron chi connectivity index (χ4n) is 4.22. The third-order valence-electron chi connectivity index (χ3n) is 6.03. The zero-order chi connectivity index (χ0) is 26.4. The topological polar surface area (TPSA) is 138 Å². The summed E-state index contributed by atoms with van der Waals surface area (Å²) in [6.07, 6.45) is -0.0651. The number of benzene rings is 3. The Bertz CT molecular complexity index is 1690. The minimum Gasteiger partial charge on any atom is -0.341 e. The third kappa shape index (κ3) is 5.10. The van der Waals surface area contributed by atoms with Gasteiger partial charge in [0.05, 0.1) is 28.5 Å². The van der Waals surface area contributed by atoms with Crippen LogP contribution >= 0.6 is 11.6 Å². The lowest BCUT2D eigenvalue weighted by atomic mass is 10.0. The Morgan fingerprint density at radius 3 is 2.49 bits per heavy atom. The van der Waals surface area contributed by atoms with E-state index in [0.29, 0.717) is 28.0 Å². The standard InChI is InChI=1S/C24H20ClFN4O5S2/c25-16-4-3-7-20(23(16)26)36(32,33)29-19(24-27-17-5-1-2-6-18(17)28-24)12-14-8-10-15(11-9-14)21-13-22(31)30-37(21,34)35/h1-11,19,21,29H,12-13H2,(H,27,28)(H,30,31)/t19-,21?/m0/s1. The molecule has 0 aliphatic carbocycles. The fraction of sp³-hybridized carbons (Fsp3) is 0.167. The molecule has 192 valence electrons. The van der Waals surface area contributed by atoms with Gasteiger partial charge >= 0.3 is 0 Å². The molecule has 3 aromatic carbocycles. The Labute approximate surface area is 217 Å². The number of aromatic nitrogens is 2. The van der Waals surface area contributed by atoms with E-state index >= 15 is 0 Å². The van der Waals surface area contributed by atoms with E-state index in [2.05, 4.69) is 14.7 Å². The zero-order valence-corrected chi connectivity index (χ0v) is 21.4. The highest BCUT2D eigenvalue weighted by molar-refractivity contribution is 7.90. The van der Waals surface area contributed by atoms with Crippen LogP contribution in [0.1, 0.15) is 34.7 Å². The third-order valence-corrected chi connectivity index (χ3v) is 9.51. The number of hydrogen-bond donors (Lipinski definition) is 3. The van der Waals surface area contributed by atoms with Gasteiger partial charge in [-0.2, -0.15) is 0 Å². The van der Waals surface area contributed by atoms with Gasteiger partial charge < -0.3 is 4.98 Å². The number of amides is 1. The molecule has 4 aromatic rings. The summed E-state index contributed by atoms with van der Waals surface area (Å²) in [5, 5.41) is -1.32. The molecule has 1 aliphatic rings. The fourth-order valence-corrected chi connectivity index (χ4v) is 7.18. The predicted molar refractivity (Wildman–Crippen MR) is 135 cm³/mol. The molecular formula is C24H20ClFN4O5S2. The molecule has 1 fully saturated rings. The smallest absolute Gasteiger partial charge is 0.244 e. The number of nitrogens with one attached hydrogen (secondary N) is 3. The summed E-state index contributed by atoms with van der Waals surface area (Å²) in [5.74, 6) is -1.32. The van der Waals surface area contributed by atoms with Crippen LogP contribution in [0.25, 0.3) is 11.0 Å². The van der Waals surface area contributed by atoms with Crippen molar-refractivity contribution in [1.29, 1.82) is 0 Å². The van der Waals surface area contributed by atoms with Gasteiger partial charge in [0.2, 0.25) is 26.0 Å². The average Bonchev–Trinajstić information content (AvgIpc) is 3.40. The van der Waals surface area contributed by atoms with Crippen molar-refractivity contribution in [2.75, 3.05) is 0 Å². The van der Waals surface area contributed by atoms with Crippen LogP contribution in [0, 0.1) is 5.82 Å². The molecule has 1 unspecified atom stereocenters. The summed E-state index contributed by atoms with van der Waals surface area (Å²) in [6.45, 7) is 0. The monoisotopic (exact) mass is 562 g/mol. The number of H-pyrrole nitrogens is 1. The van der Waals surface area contributed by atoms with Crippen LogP contribution in [0.4, 0.5) is 4.39 Å². The van der Waals surface area contributed by atoms with Crippen molar-refractivity contribution in [1.82, 2.24) is 19.4 Å². The SMILES string of the molecule is O=C1CC(c2ccc(C[C@H](NS(=O)(=O)c3cccc(Cl)c3F)c3nc4ccccc4[nH]3)cc2)S(=O)(=O)N1. The number of aromatic amines is 1. The van der Waals surface area contributed by atoms with Gasteiger partial charge in [-0.25, -0.2) is 30.9 Å². The highest BCUT2D eigenvalue weighted by Crippen LogP contribution is 2.31. The predicted octanol–water partition coefficient (Wildman–Crippen LogP) is 3.51. The summed E-state index contributed by atoms with van der Waals surface area (Å²) < 4.78 is 69.8. The van der Waals surface area contributed by atoms with E-state index in [4.69, 9.17) is 11.6 Å². The minimum atomic E-state index is -4.36. The van der Waals surface area contributed by atoms with Crippen molar-refractivity contribution in [3.8, 4) is 0 Å². The maximum Gasteiger partial charge on any atom is 0.244 e. The molecule has 3 N–H and O–H groups in total. The van der Waals surface area contributed by atoms with Crippen molar-refractivity contribution in [3.05, 3.63) is 94.5 Å². The number of halogens is 2. The molecule has 2 heterocycles. The maximum absolute atomic E-state index is 14.6. The Morgan fingerprint density at radius 1 is 1.08 bits per heavy atom. The van der Waals surface area contributed by atoms with Crippen molar-refractivity contribution in [3.63, 3.8) is 0 Å². The molecule has 5 rings (SSSR count). The molecule has 1 aromatic heterocycles. The van der Waals surface area contributed by atoms with E-state index in [9.17, 15) is 26.0 Å². The van der Waals surface area contributed by atoms with Gasteiger partial charge in [0.15, 0.2) is 5.82 Å². The van der Waals surface area contributed by atoms with Gasteiger partial charge in [0, 0.05) is 0 Å². The molecule has 13 heteroatoms. The van der Waals surface area contributed by atoms with Crippen molar-refractivity contribution < 1.29 is 26.0 Å². The van der Waals surface area contributed by atoms with Gasteiger partial charge in [-0.15, -0.1) is 0 Å². The van der Waals surface area contributed by atoms with E-state index < -0.39 is 48.0 Å². The second-order valence-corrected chi connectivity index (χ2v) is 12.5. The molecular weight excluding hydrogens is 543 g/mol. The number of sulfonamides is 2. The maximum atomic E-state index is 14.6. The Morgan fingerprint density at radius 2 is 1.81 bits per heavy atom. The van der Waals surface area contributed by atoms with Crippen LogP contribution in [-0.2, 0) is 31.3 Å². The number of carbonyl (C=O) groups is 1. The molecule has 0 radical (unpaired) electrons. The molecule has 9 nitrogen and oxygen atoms in total. The van der Waals surface area contributed by atoms with Crippen LogP contribution in [0.5, 0.6) is 0 Å². The second kappa shape index (κ2) is 9.53. The Balaban J connectivity index is 1.48. The number of imidazole rings is 1. The van der Waals surface area contributed by atoms with E-state index in [-0.39, 0.29) is 17.9 Å². The van der Waals surface area contributed by atoms with Crippen LogP contribution in [0.2, 0.25) is 5.02 Å². The highest BCUT2D eigenvalue weighted by atomic mass is 35.5. The molecule has 2 atom stereocenters. The summed E-state index contributed by atoms with van der Waals surface area (Å²) in [5.41, 5.74) is 2.39. The number of hydrogen-bond acceptors (Lipinski definition) is 6. The lowest BCUT2D eigenvalue weighted by Gasteiger charge is -2.18. The van der Waals surface area contributed by atoms with Crippen molar-refractivity contribution >= 4 is 48.6 Å². The van der Waals surface area contributed by atoms with Crippen LogP contribution in [-0.4, -0.2) is 32.7 Å². The quantitative estimate of drug-likeness (QED) is 0.315. The van der Waals surface area contributed by atoms with Crippen LogP contribution in [0.3, 0.4) is 0 Å². The van der Waals surface area contributed by atoms with E-state index in [1.165, 1.54) is 12.1 Å². The molecule has 0 bridgehead atoms. The van der Waals surface area contributed by atoms with Crippen LogP contribution in [0.15, 0.2) is 71.6 Å². The molecule has 1 saturated heterocycles. The second-order valence-electron chi connectivity index (χ2n) is 8.57. The number of para-hydroxylation sites is 2. The summed E-state index contributed by atoms with van der Waals surface area (Å²) in [7, 11) is -8.15. The lowest BCUT2D eigenvalue weighted by Crippen LogP contribution is -2.31. The lowest BCUT2D eigenvalue weighted by molar-refractivity contribution is -0.118. The molecule has 0 saturated carbocycles. The zero-order valence-electron chi connectivity index (χ0n) is 19.0. The van der Waals surface area contributed by atoms with Gasteiger partial charge in [-0.05, 0) is 41.8 Å². The first kappa shape index (κ1) is 25.3. The number of nitrogens with zero attached hydrogens (tertiary/aromatic N) is 1. The summed E-state index contributed by atoms with van der Waals surface area (Å²) >= 11 is 5.80. The van der Waals surface area contributed by atoms with Gasteiger partial charge in [-0.3, -0.25) is 9.52 Å². The average molecular weight is 563 g/mol. The number of carbonyl (C=O) groups excluding carboxylic acids is 1. The first-order chi connectivity index (χ1) is 17.5. The largest absolute Gasteiger partial charge is 0.341 e. The van der Waals surface area contributed by atoms with Crippen molar-refractivity contribution in [2.24, 2.45) is 0 Å². The van der Waals surface area contributed by atoms with Gasteiger partial charge in [0.25, 0.3) is 0 Å². The summed E-state index contributed by atoms with van der Waals surface area (Å²) in [6, 6.07) is 16.4. The summed E-state index contributed by atoms with van der Waals surface area (Å²) in [4.78, 5) is 18.6. The van der Waals surface area contributed by atoms with E-state index in [1.54, 1.807) is 48.5 Å². The first-order valence-electron chi connectivity index (χ1n) is 11.1. The molecule has 1 aliphatic heterocycles. The van der Waals surface area contributed by atoms with Gasteiger partial charge in [-0.1, -0.05) is 54.1 Å². The Kier molecular flexibility index (Phi) is 6.52. The van der Waals surface area contributed by atoms with Crippen molar-refractivity contribution in [2.45, 2.75) is 29.0 Å². The van der Waals surface area contributed by atoms with E-state index in [0.717, 1.165) is 6.07 Å². The number of rotatable bonds is 7. The first-order valence-corrected chi connectivity index (χ1v) is 14.5. The minimum absolute atomic E-state index is 0.107. The molecule has 0 spiro atoms. The molecule has 37 heavy (non-hydrogen) atoms.